The van der Waals surface area contributed by atoms with Crippen molar-refractivity contribution in [3.05, 3.63) is 23.9 Å². The van der Waals surface area contributed by atoms with Crippen LogP contribution in [0.4, 0.5) is 5.82 Å². The van der Waals surface area contributed by atoms with E-state index in [2.05, 4.69) is 47.1 Å². The fourth-order valence-electron chi connectivity index (χ4n) is 3.24. The van der Waals surface area contributed by atoms with Gasteiger partial charge in [-0.15, -0.1) is 24.0 Å². The SMILES string of the molecule is CCNC(=NCc1ccnc(N2CCOC(C)C2)c1)N(C)CCOCC1CC1.I. The maximum Gasteiger partial charge on any atom is 0.194 e. The summed E-state index contributed by atoms with van der Waals surface area (Å²) in [6.45, 7) is 10.7. The van der Waals surface area contributed by atoms with Crippen molar-refractivity contribution < 1.29 is 9.47 Å². The third-order valence-electron chi connectivity index (χ3n) is 5.10. The minimum absolute atomic E-state index is 0. The first-order valence-electron chi connectivity index (χ1n) is 10.5. The predicted octanol–water partition coefficient (Wildman–Crippen LogP) is 2.75. The van der Waals surface area contributed by atoms with Crippen LogP contribution < -0.4 is 10.2 Å². The molecule has 8 heteroatoms. The standard InChI is InChI=1S/C21H35N5O2.HI/c1-4-22-21(25(3)9-11-27-16-18-5-6-18)24-14-19-7-8-23-20(13-19)26-10-12-28-17(2)15-26;/h7-8,13,17-18H,4-6,9-12,14-16H2,1-3H3,(H,22,24);1H. The Hall–Kier alpha value is -1.13. The van der Waals surface area contributed by atoms with Gasteiger partial charge in [-0.2, -0.15) is 0 Å². The van der Waals surface area contributed by atoms with E-state index in [9.17, 15) is 0 Å². The zero-order chi connectivity index (χ0) is 19.8. The topological polar surface area (TPSA) is 62.2 Å². The van der Waals surface area contributed by atoms with Crippen molar-refractivity contribution in [3.8, 4) is 0 Å². The largest absolute Gasteiger partial charge is 0.379 e. The lowest BCUT2D eigenvalue weighted by Crippen LogP contribution is -2.41. The summed E-state index contributed by atoms with van der Waals surface area (Å²) in [6.07, 6.45) is 4.78. The van der Waals surface area contributed by atoms with Crippen molar-refractivity contribution in [2.24, 2.45) is 10.9 Å². The van der Waals surface area contributed by atoms with Gasteiger partial charge in [0.1, 0.15) is 5.82 Å². The number of pyridine rings is 1. The van der Waals surface area contributed by atoms with Crippen LogP contribution in [-0.4, -0.2) is 75.0 Å². The average molecular weight is 517 g/mol. The molecule has 1 unspecified atom stereocenters. The van der Waals surface area contributed by atoms with E-state index in [1.165, 1.54) is 12.8 Å². The molecule has 164 valence electrons. The van der Waals surface area contributed by atoms with Crippen LogP contribution in [0.3, 0.4) is 0 Å². The van der Waals surface area contributed by atoms with E-state index >= 15 is 0 Å². The minimum atomic E-state index is 0. The number of aromatic nitrogens is 1. The van der Waals surface area contributed by atoms with Crippen LogP contribution in [0.5, 0.6) is 0 Å². The Morgan fingerprint density at radius 1 is 1.45 bits per heavy atom. The molecule has 0 radical (unpaired) electrons. The summed E-state index contributed by atoms with van der Waals surface area (Å²) in [5, 5.41) is 3.38. The van der Waals surface area contributed by atoms with Crippen molar-refractivity contribution in [1.82, 2.24) is 15.2 Å². The number of morpholine rings is 1. The number of rotatable bonds is 9. The van der Waals surface area contributed by atoms with E-state index in [0.717, 1.165) is 69.3 Å². The molecular formula is C21H36IN5O2. The lowest BCUT2D eigenvalue weighted by Gasteiger charge is -2.32. The number of likely N-dealkylation sites (N-methyl/N-ethyl adjacent to an activating group) is 1. The Bertz CT molecular complexity index is 641. The quantitative estimate of drug-likeness (QED) is 0.235. The highest BCUT2D eigenvalue weighted by Gasteiger charge is 2.21. The second-order valence-electron chi connectivity index (χ2n) is 7.76. The van der Waals surface area contributed by atoms with E-state index < -0.39 is 0 Å². The van der Waals surface area contributed by atoms with Crippen LogP contribution in [-0.2, 0) is 16.0 Å². The van der Waals surface area contributed by atoms with Crippen molar-refractivity contribution in [1.29, 1.82) is 0 Å². The molecule has 2 aliphatic rings. The molecule has 1 atom stereocenters. The lowest BCUT2D eigenvalue weighted by atomic mass is 10.2. The van der Waals surface area contributed by atoms with Crippen molar-refractivity contribution in [2.75, 3.05) is 57.9 Å². The number of hydrogen-bond acceptors (Lipinski definition) is 5. The van der Waals surface area contributed by atoms with Gasteiger partial charge in [0.05, 0.1) is 25.9 Å². The molecule has 1 aromatic rings. The highest BCUT2D eigenvalue weighted by Crippen LogP contribution is 2.28. The third-order valence-corrected chi connectivity index (χ3v) is 5.10. The molecular weight excluding hydrogens is 481 g/mol. The van der Waals surface area contributed by atoms with E-state index in [1.54, 1.807) is 0 Å². The van der Waals surface area contributed by atoms with Crippen LogP contribution in [0.15, 0.2) is 23.3 Å². The zero-order valence-corrected chi connectivity index (χ0v) is 20.3. The van der Waals surface area contributed by atoms with E-state index in [-0.39, 0.29) is 30.1 Å². The van der Waals surface area contributed by atoms with Gasteiger partial charge in [0.15, 0.2) is 5.96 Å². The van der Waals surface area contributed by atoms with Gasteiger partial charge >= 0.3 is 0 Å². The van der Waals surface area contributed by atoms with Gasteiger partial charge in [-0.1, -0.05) is 0 Å². The van der Waals surface area contributed by atoms with Crippen LogP contribution in [0.1, 0.15) is 32.3 Å². The predicted molar refractivity (Wildman–Crippen MR) is 128 cm³/mol. The Labute approximate surface area is 192 Å². The summed E-state index contributed by atoms with van der Waals surface area (Å²) in [7, 11) is 2.06. The number of guanidine groups is 1. The molecule has 29 heavy (non-hydrogen) atoms. The number of nitrogens with zero attached hydrogens (tertiary/aromatic N) is 4. The summed E-state index contributed by atoms with van der Waals surface area (Å²) >= 11 is 0. The molecule has 2 heterocycles. The summed E-state index contributed by atoms with van der Waals surface area (Å²) in [5.41, 5.74) is 1.16. The fourth-order valence-corrected chi connectivity index (χ4v) is 3.24. The summed E-state index contributed by atoms with van der Waals surface area (Å²) < 4.78 is 11.4. The van der Waals surface area contributed by atoms with Crippen molar-refractivity contribution in [3.63, 3.8) is 0 Å². The highest BCUT2D eigenvalue weighted by molar-refractivity contribution is 14.0. The molecule has 0 amide bonds. The monoisotopic (exact) mass is 517 g/mol. The van der Waals surface area contributed by atoms with Crippen molar-refractivity contribution in [2.45, 2.75) is 39.3 Å². The first-order valence-corrected chi connectivity index (χ1v) is 10.5. The Morgan fingerprint density at radius 2 is 2.28 bits per heavy atom. The maximum atomic E-state index is 5.76. The van der Waals surface area contributed by atoms with Crippen molar-refractivity contribution >= 4 is 35.8 Å². The number of nitrogens with one attached hydrogen (secondary N) is 1. The Balaban J connectivity index is 0.00000300. The molecule has 0 bridgehead atoms. The van der Waals surface area contributed by atoms with E-state index in [1.807, 2.05) is 12.3 Å². The normalized spacial score (nSPS) is 19.6. The number of ether oxygens (including phenoxy) is 2. The summed E-state index contributed by atoms with van der Waals surface area (Å²) in [4.78, 5) is 13.8. The molecule has 0 spiro atoms. The Morgan fingerprint density at radius 3 is 3.00 bits per heavy atom. The third kappa shape index (κ3) is 8.25. The van der Waals surface area contributed by atoms with Gasteiger partial charge in [0.25, 0.3) is 0 Å². The highest BCUT2D eigenvalue weighted by atomic mass is 127. The number of halogens is 1. The fraction of sp³-hybridized carbons (Fsp3) is 0.714. The van der Waals surface area contributed by atoms with Gasteiger partial charge in [0.2, 0.25) is 0 Å². The second kappa shape index (κ2) is 12.5. The van der Waals surface area contributed by atoms with Crippen LogP contribution in [0.25, 0.3) is 0 Å². The van der Waals surface area contributed by atoms with E-state index in [4.69, 9.17) is 14.5 Å². The zero-order valence-electron chi connectivity index (χ0n) is 18.0. The van der Waals surface area contributed by atoms with Gasteiger partial charge < -0.3 is 24.6 Å². The molecule has 1 saturated heterocycles. The molecule has 1 aromatic heterocycles. The van der Waals surface area contributed by atoms with Gasteiger partial charge in [-0.25, -0.2) is 9.98 Å². The molecule has 1 saturated carbocycles. The number of aliphatic imine (C=N–C) groups is 1. The Kier molecular flexibility index (Phi) is 10.4. The average Bonchev–Trinajstić information content (AvgIpc) is 3.53. The molecule has 3 rings (SSSR count). The minimum Gasteiger partial charge on any atom is -0.379 e. The molecule has 1 N–H and O–H groups in total. The number of hydrogen-bond donors (Lipinski definition) is 1. The van der Waals surface area contributed by atoms with Crippen LogP contribution >= 0.6 is 24.0 Å². The molecule has 2 fully saturated rings. The number of anilines is 1. The van der Waals surface area contributed by atoms with E-state index in [0.29, 0.717) is 6.54 Å². The van der Waals surface area contributed by atoms with Gasteiger partial charge in [-0.3, -0.25) is 0 Å². The smallest absolute Gasteiger partial charge is 0.194 e. The maximum absolute atomic E-state index is 5.76. The van der Waals surface area contributed by atoms with Crippen LogP contribution in [0.2, 0.25) is 0 Å². The molecule has 1 aliphatic carbocycles. The molecule has 1 aliphatic heterocycles. The summed E-state index contributed by atoms with van der Waals surface area (Å²) in [6, 6.07) is 4.18. The lowest BCUT2D eigenvalue weighted by molar-refractivity contribution is 0.0529. The first-order chi connectivity index (χ1) is 13.7. The van der Waals surface area contributed by atoms with Gasteiger partial charge in [-0.05, 0) is 50.3 Å². The summed E-state index contributed by atoms with van der Waals surface area (Å²) in [5.74, 6) is 2.73. The molecule has 7 nitrogen and oxygen atoms in total. The second-order valence-corrected chi connectivity index (χ2v) is 7.76. The molecule has 0 aromatic carbocycles. The van der Waals surface area contributed by atoms with Crippen LogP contribution in [0, 0.1) is 5.92 Å². The van der Waals surface area contributed by atoms with Gasteiger partial charge in [0, 0.05) is 46.0 Å². The first kappa shape index (κ1) is 24.1.